The minimum atomic E-state index is 0.161. The maximum absolute atomic E-state index is 8.90. The molecule has 1 unspecified atom stereocenters. The van der Waals surface area contributed by atoms with Crippen LogP contribution in [0.15, 0.2) is 54.6 Å². The van der Waals surface area contributed by atoms with Crippen LogP contribution in [-0.4, -0.2) is 18.3 Å². The Labute approximate surface area is 126 Å². The number of aliphatic hydroxyl groups excluding tert-OH is 1. The summed E-state index contributed by atoms with van der Waals surface area (Å²) in [6.07, 6.45) is 0.990. The lowest BCUT2D eigenvalue weighted by Gasteiger charge is -2.17. The van der Waals surface area contributed by atoms with E-state index in [-0.39, 0.29) is 12.6 Å². The van der Waals surface area contributed by atoms with Gasteiger partial charge in [0, 0.05) is 12.6 Å². The second-order valence-corrected chi connectivity index (χ2v) is 4.98. The van der Waals surface area contributed by atoms with Gasteiger partial charge in [-0.05, 0) is 29.7 Å². The Kier molecular flexibility index (Phi) is 6.25. The molecule has 0 aliphatic carbocycles. The van der Waals surface area contributed by atoms with Crippen LogP contribution in [0.3, 0.4) is 0 Å². The van der Waals surface area contributed by atoms with Gasteiger partial charge in [0.25, 0.3) is 0 Å². The molecule has 3 heteroatoms. The first-order valence-corrected chi connectivity index (χ1v) is 7.44. The normalized spacial score (nSPS) is 12.1. The molecule has 0 aromatic heterocycles. The number of hydrogen-bond acceptors (Lipinski definition) is 3. The second-order valence-electron chi connectivity index (χ2n) is 4.98. The molecule has 3 nitrogen and oxygen atoms in total. The molecular weight excluding hydrogens is 262 g/mol. The lowest BCUT2D eigenvalue weighted by Crippen LogP contribution is -2.23. The fraction of sp³-hybridized carbons (Fsp3) is 0.333. The fourth-order valence-corrected chi connectivity index (χ4v) is 2.27. The summed E-state index contributed by atoms with van der Waals surface area (Å²) in [5.74, 6) is 0.875. The minimum absolute atomic E-state index is 0.161. The second kappa shape index (κ2) is 8.45. The molecule has 2 rings (SSSR count). The Morgan fingerprint density at radius 1 is 1.05 bits per heavy atom. The van der Waals surface area contributed by atoms with Crippen LogP contribution in [0.25, 0.3) is 0 Å². The van der Waals surface area contributed by atoms with Crippen LogP contribution in [0.2, 0.25) is 0 Å². The van der Waals surface area contributed by atoms with E-state index in [4.69, 9.17) is 9.84 Å². The Morgan fingerprint density at radius 3 is 2.38 bits per heavy atom. The summed E-state index contributed by atoms with van der Waals surface area (Å²) in [6, 6.07) is 18.6. The van der Waals surface area contributed by atoms with Gasteiger partial charge in [0.2, 0.25) is 0 Å². The zero-order chi connectivity index (χ0) is 14.9. The molecule has 0 saturated heterocycles. The van der Waals surface area contributed by atoms with Crippen molar-refractivity contribution in [3.8, 4) is 5.75 Å². The highest BCUT2D eigenvalue weighted by Gasteiger charge is 2.08. The van der Waals surface area contributed by atoms with Crippen molar-refractivity contribution >= 4 is 0 Å². The number of benzene rings is 2. The van der Waals surface area contributed by atoms with Crippen LogP contribution in [0.5, 0.6) is 5.75 Å². The Bertz CT molecular complexity index is 511. The molecule has 21 heavy (non-hydrogen) atoms. The van der Waals surface area contributed by atoms with Gasteiger partial charge in [-0.2, -0.15) is 0 Å². The van der Waals surface area contributed by atoms with Crippen molar-refractivity contribution < 1.29 is 9.84 Å². The van der Waals surface area contributed by atoms with Crippen molar-refractivity contribution in [2.75, 3.05) is 13.2 Å². The van der Waals surface area contributed by atoms with Gasteiger partial charge in [-0.25, -0.2) is 0 Å². The topological polar surface area (TPSA) is 41.5 Å². The smallest absolute Gasteiger partial charge is 0.119 e. The molecule has 2 N–H and O–H groups in total. The molecule has 0 aliphatic rings. The molecule has 1 atom stereocenters. The molecule has 0 bridgehead atoms. The van der Waals surface area contributed by atoms with E-state index < -0.39 is 0 Å². The molecule has 2 aromatic rings. The zero-order valence-corrected chi connectivity index (χ0v) is 12.5. The van der Waals surface area contributed by atoms with Gasteiger partial charge >= 0.3 is 0 Å². The van der Waals surface area contributed by atoms with E-state index in [1.807, 2.05) is 30.3 Å². The van der Waals surface area contributed by atoms with Crippen molar-refractivity contribution in [2.24, 2.45) is 0 Å². The van der Waals surface area contributed by atoms with Crippen LogP contribution in [-0.2, 0) is 6.61 Å². The first kappa shape index (κ1) is 15.5. The van der Waals surface area contributed by atoms with Gasteiger partial charge in [-0.1, -0.05) is 49.4 Å². The predicted molar refractivity (Wildman–Crippen MR) is 85.3 cm³/mol. The Morgan fingerprint density at radius 2 is 1.76 bits per heavy atom. The van der Waals surface area contributed by atoms with Crippen LogP contribution in [0.1, 0.15) is 30.5 Å². The van der Waals surface area contributed by atoms with Crippen molar-refractivity contribution in [3.63, 3.8) is 0 Å². The summed E-state index contributed by atoms with van der Waals surface area (Å²) in [5.41, 5.74) is 2.38. The molecular formula is C18H23NO2. The van der Waals surface area contributed by atoms with Crippen LogP contribution < -0.4 is 10.1 Å². The molecule has 0 fully saturated rings. The van der Waals surface area contributed by atoms with E-state index in [2.05, 4.69) is 36.5 Å². The number of nitrogens with one attached hydrogen (secondary N) is 1. The fourth-order valence-electron chi connectivity index (χ4n) is 2.27. The van der Waals surface area contributed by atoms with Gasteiger partial charge in [0.15, 0.2) is 0 Å². The van der Waals surface area contributed by atoms with Crippen LogP contribution in [0, 0.1) is 0 Å². The molecule has 0 saturated carbocycles. The summed E-state index contributed by atoms with van der Waals surface area (Å²) < 4.78 is 5.78. The lowest BCUT2D eigenvalue weighted by atomic mass is 10.0. The molecule has 0 heterocycles. The minimum Gasteiger partial charge on any atom is -0.489 e. The first-order chi connectivity index (χ1) is 10.3. The van der Waals surface area contributed by atoms with Gasteiger partial charge < -0.3 is 15.2 Å². The highest BCUT2D eigenvalue weighted by molar-refractivity contribution is 5.29. The maximum atomic E-state index is 8.90. The number of ether oxygens (including phenoxy) is 1. The highest BCUT2D eigenvalue weighted by atomic mass is 16.5. The summed E-state index contributed by atoms with van der Waals surface area (Å²) in [4.78, 5) is 0. The number of hydrogen-bond donors (Lipinski definition) is 2. The zero-order valence-electron chi connectivity index (χ0n) is 12.5. The lowest BCUT2D eigenvalue weighted by molar-refractivity contribution is 0.283. The largest absolute Gasteiger partial charge is 0.489 e. The van der Waals surface area contributed by atoms with Gasteiger partial charge in [0.1, 0.15) is 12.4 Å². The highest BCUT2D eigenvalue weighted by Crippen LogP contribution is 2.20. The third kappa shape index (κ3) is 4.88. The van der Waals surface area contributed by atoms with Gasteiger partial charge in [-0.3, -0.25) is 0 Å². The van der Waals surface area contributed by atoms with Crippen LogP contribution in [0.4, 0.5) is 0 Å². The maximum Gasteiger partial charge on any atom is 0.119 e. The van der Waals surface area contributed by atoms with Gasteiger partial charge in [0.05, 0.1) is 6.61 Å². The summed E-state index contributed by atoms with van der Waals surface area (Å²) >= 11 is 0. The molecule has 0 spiro atoms. The monoisotopic (exact) mass is 285 g/mol. The third-order valence-corrected chi connectivity index (χ3v) is 3.44. The van der Waals surface area contributed by atoms with E-state index in [9.17, 15) is 0 Å². The predicted octanol–water partition coefficient (Wildman–Crippen LogP) is 3.30. The van der Waals surface area contributed by atoms with E-state index in [0.717, 1.165) is 17.7 Å². The van der Waals surface area contributed by atoms with Crippen molar-refractivity contribution in [3.05, 3.63) is 65.7 Å². The SMILES string of the molecule is CCC(NCCO)c1ccc(OCc2ccccc2)cc1. The van der Waals surface area contributed by atoms with Gasteiger partial charge in [-0.15, -0.1) is 0 Å². The Hall–Kier alpha value is -1.84. The molecule has 112 valence electrons. The molecule has 2 aromatic carbocycles. The molecule has 0 radical (unpaired) electrons. The van der Waals surface area contributed by atoms with E-state index >= 15 is 0 Å². The number of rotatable bonds is 8. The molecule has 0 amide bonds. The standard InChI is InChI=1S/C18H23NO2/c1-2-18(19-12-13-20)16-8-10-17(11-9-16)21-14-15-6-4-3-5-7-15/h3-11,18-20H,2,12-14H2,1H3. The first-order valence-electron chi connectivity index (χ1n) is 7.44. The average Bonchev–Trinajstić information content (AvgIpc) is 2.56. The summed E-state index contributed by atoms with van der Waals surface area (Å²) in [7, 11) is 0. The summed E-state index contributed by atoms with van der Waals surface area (Å²) in [5, 5.41) is 12.2. The summed E-state index contributed by atoms with van der Waals surface area (Å²) in [6.45, 7) is 3.49. The quantitative estimate of drug-likeness (QED) is 0.782. The van der Waals surface area contributed by atoms with E-state index in [0.29, 0.717) is 13.2 Å². The average molecular weight is 285 g/mol. The van der Waals surface area contributed by atoms with Crippen molar-refractivity contribution in [1.82, 2.24) is 5.32 Å². The Balaban J connectivity index is 1.92. The van der Waals surface area contributed by atoms with E-state index in [1.165, 1.54) is 5.56 Å². The molecule has 0 aliphatic heterocycles. The van der Waals surface area contributed by atoms with Crippen LogP contribution >= 0.6 is 0 Å². The van der Waals surface area contributed by atoms with Crippen molar-refractivity contribution in [1.29, 1.82) is 0 Å². The number of aliphatic hydroxyl groups is 1. The van der Waals surface area contributed by atoms with Crippen molar-refractivity contribution in [2.45, 2.75) is 26.0 Å². The van der Waals surface area contributed by atoms with E-state index in [1.54, 1.807) is 0 Å². The third-order valence-electron chi connectivity index (χ3n) is 3.44.